The number of piperidine rings is 1. The van der Waals surface area contributed by atoms with E-state index in [1.807, 2.05) is 18.2 Å². The van der Waals surface area contributed by atoms with E-state index in [9.17, 15) is 8.42 Å². The summed E-state index contributed by atoms with van der Waals surface area (Å²) >= 11 is 0. The molecular formula is C15H23NO2S. The van der Waals surface area contributed by atoms with Crippen LogP contribution in [0.3, 0.4) is 0 Å². The minimum atomic E-state index is -3.02. The predicted octanol–water partition coefficient (Wildman–Crippen LogP) is 2.30. The zero-order valence-corrected chi connectivity index (χ0v) is 12.6. The molecule has 19 heavy (non-hydrogen) atoms. The van der Waals surface area contributed by atoms with E-state index >= 15 is 0 Å². The molecule has 0 unspecified atom stereocenters. The fourth-order valence-electron chi connectivity index (χ4n) is 3.02. The molecule has 0 bridgehead atoms. The van der Waals surface area contributed by atoms with E-state index in [2.05, 4.69) is 24.0 Å². The van der Waals surface area contributed by atoms with E-state index in [4.69, 9.17) is 0 Å². The summed E-state index contributed by atoms with van der Waals surface area (Å²) in [7, 11) is -3.02. The van der Waals surface area contributed by atoms with Crippen LogP contribution < -0.4 is 0 Å². The maximum Gasteiger partial charge on any atom is 0.152 e. The smallest absolute Gasteiger partial charge is 0.152 e. The third-order valence-electron chi connectivity index (χ3n) is 3.96. The molecule has 3 nitrogen and oxygen atoms in total. The minimum absolute atomic E-state index is 0.143. The second kappa shape index (κ2) is 6.06. The normalized spacial score (nSPS) is 25.4. The fraction of sp³-hybridized carbons (Fsp3) is 0.600. The lowest BCUT2D eigenvalue weighted by molar-refractivity contribution is 0.215. The zero-order valence-electron chi connectivity index (χ0n) is 11.7. The van der Waals surface area contributed by atoms with Crippen LogP contribution in [-0.4, -0.2) is 44.5 Å². The van der Waals surface area contributed by atoms with Crippen LogP contribution in [0.15, 0.2) is 30.3 Å². The summed E-state index contributed by atoms with van der Waals surface area (Å²) in [6, 6.07) is 10.1. The van der Waals surface area contributed by atoms with Crippen LogP contribution in [-0.2, 0) is 9.84 Å². The van der Waals surface area contributed by atoms with Gasteiger partial charge >= 0.3 is 0 Å². The van der Waals surface area contributed by atoms with Crippen molar-refractivity contribution >= 4 is 9.84 Å². The summed E-state index contributed by atoms with van der Waals surface area (Å²) in [6.07, 6.45) is 3.39. The molecule has 0 N–H and O–H groups in total. The van der Waals surface area contributed by atoms with Gasteiger partial charge in [-0.1, -0.05) is 37.3 Å². The highest BCUT2D eigenvalue weighted by atomic mass is 32.2. The van der Waals surface area contributed by atoms with Crippen molar-refractivity contribution in [2.75, 3.05) is 25.9 Å². The van der Waals surface area contributed by atoms with Gasteiger partial charge in [0, 0.05) is 18.7 Å². The molecule has 1 aliphatic heterocycles. The average molecular weight is 281 g/mol. The second-order valence-electron chi connectivity index (χ2n) is 5.47. The van der Waals surface area contributed by atoms with Gasteiger partial charge in [-0.25, -0.2) is 8.42 Å². The van der Waals surface area contributed by atoms with Crippen molar-refractivity contribution in [3.63, 3.8) is 0 Å². The maximum absolute atomic E-state index is 12.1. The first kappa shape index (κ1) is 14.5. The van der Waals surface area contributed by atoms with Gasteiger partial charge in [-0.2, -0.15) is 0 Å². The van der Waals surface area contributed by atoms with Crippen LogP contribution in [0.5, 0.6) is 0 Å². The molecule has 2 atom stereocenters. The number of hydrogen-bond acceptors (Lipinski definition) is 3. The predicted molar refractivity (Wildman–Crippen MR) is 79.2 cm³/mol. The van der Waals surface area contributed by atoms with Crippen LogP contribution in [0.1, 0.15) is 31.2 Å². The quantitative estimate of drug-likeness (QED) is 0.850. The maximum atomic E-state index is 12.1. The van der Waals surface area contributed by atoms with Crippen LogP contribution in [0, 0.1) is 0 Å². The molecule has 0 aliphatic carbocycles. The number of hydrogen-bond donors (Lipinski definition) is 0. The van der Waals surface area contributed by atoms with Crippen LogP contribution in [0.4, 0.5) is 0 Å². The summed E-state index contributed by atoms with van der Waals surface area (Å²) in [5, 5.41) is -0.268. The standard InChI is InChI=1S/C15H23NO2S/c1-3-10-16-11-9-14(13-7-5-4-6-8-13)15(12-16)19(2,17)18/h4-8,14-15H,3,9-12H2,1-2H3/t14-,15-/m0/s1. The van der Waals surface area contributed by atoms with Crippen molar-refractivity contribution in [1.82, 2.24) is 4.90 Å². The average Bonchev–Trinajstić information content (AvgIpc) is 2.39. The highest BCUT2D eigenvalue weighted by Gasteiger charge is 2.36. The topological polar surface area (TPSA) is 37.4 Å². The van der Waals surface area contributed by atoms with E-state index in [0.29, 0.717) is 6.54 Å². The molecule has 1 heterocycles. The molecule has 1 aromatic carbocycles. The first-order valence-electron chi connectivity index (χ1n) is 6.98. The number of rotatable bonds is 4. The second-order valence-corrected chi connectivity index (χ2v) is 7.74. The lowest BCUT2D eigenvalue weighted by Crippen LogP contribution is -2.46. The molecule has 0 spiro atoms. The Balaban J connectivity index is 2.24. The van der Waals surface area contributed by atoms with E-state index in [0.717, 1.165) is 31.5 Å². The number of sulfone groups is 1. The van der Waals surface area contributed by atoms with Crippen molar-refractivity contribution in [2.24, 2.45) is 0 Å². The van der Waals surface area contributed by atoms with Crippen LogP contribution in [0.2, 0.25) is 0 Å². The molecule has 0 saturated carbocycles. The van der Waals surface area contributed by atoms with Crippen LogP contribution in [0.25, 0.3) is 0 Å². The molecule has 1 aromatic rings. The highest BCUT2D eigenvalue weighted by Crippen LogP contribution is 2.32. The van der Waals surface area contributed by atoms with Crippen LogP contribution >= 0.6 is 0 Å². The summed E-state index contributed by atoms with van der Waals surface area (Å²) in [5.41, 5.74) is 1.16. The van der Waals surface area contributed by atoms with Crippen molar-refractivity contribution in [2.45, 2.75) is 30.9 Å². The van der Waals surface area contributed by atoms with Gasteiger partial charge < -0.3 is 4.90 Å². The van der Waals surface area contributed by atoms with Gasteiger partial charge in [-0.3, -0.25) is 0 Å². The molecule has 0 radical (unpaired) electrons. The Kier molecular flexibility index (Phi) is 4.63. The van der Waals surface area contributed by atoms with Gasteiger partial charge in [-0.15, -0.1) is 0 Å². The molecule has 1 saturated heterocycles. The Hall–Kier alpha value is -0.870. The van der Waals surface area contributed by atoms with Crippen molar-refractivity contribution in [3.05, 3.63) is 35.9 Å². The lowest BCUT2D eigenvalue weighted by Gasteiger charge is -2.37. The largest absolute Gasteiger partial charge is 0.302 e. The Morgan fingerprint density at radius 3 is 2.53 bits per heavy atom. The lowest BCUT2D eigenvalue weighted by atomic mass is 9.89. The SMILES string of the molecule is CCCN1CC[C@@H](c2ccccc2)[C@@H](S(C)(=O)=O)C1. The third-order valence-corrected chi connectivity index (χ3v) is 5.54. The molecule has 2 rings (SSSR count). The van der Waals surface area contributed by atoms with Crippen molar-refractivity contribution in [3.8, 4) is 0 Å². The monoisotopic (exact) mass is 281 g/mol. The summed E-state index contributed by atoms with van der Waals surface area (Å²) < 4.78 is 24.2. The molecule has 4 heteroatoms. The molecule has 1 aliphatic rings. The fourth-order valence-corrected chi connectivity index (χ4v) is 4.39. The molecule has 0 amide bonds. The minimum Gasteiger partial charge on any atom is -0.302 e. The van der Waals surface area contributed by atoms with E-state index in [1.165, 1.54) is 6.26 Å². The Morgan fingerprint density at radius 2 is 1.95 bits per heavy atom. The van der Waals surface area contributed by atoms with Gasteiger partial charge in [0.1, 0.15) is 0 Å². The molecule has 106 valence electrons. The number of benzene rings is 1. The first-order valence-corrected chi connectivity index (χ1v) is 8.94. The third kappa shape index (κ3) is 3.57. The summed E-state index contributed by atoms with van der Waals surface area (Å²) in [5.74, 6) is 0.143. The summed E-state index contributed by atoms with van der Waals surface area (Å²) in [4.78, 5) is 2.28. The molecule has 0 aromatic heterocycles. The highest BCUT2D eigenvalue weighted by molar-refractivity contribution is 7.91. The van der Waals surface area contributed by atoms with E-state index in [-0.39, 0.29) is 11.2 Å². The Bertz CT molecular complexity index is 498. The van der Waals surface area contributed by atoms with Gasteiger partial charge in [0.2, 0.25) is 0 Å². The Morgan fingerprint density at radius 1 is 1.26 bits per heavy atom. The Labute approximate surface area is 116 Å². The van der Waals surface area contributed by atoms with Gasteiger partial charge in [-0.05, 0) is 31.5 Å². The molecular weight excluding hydrogens is 258 g/mol. The molecule has 1 fully saturated rings. The van der Waals surface area contributed by atoms with Crippen molar-refractivity contribution in [1.29, 1.82) is 0 Å². The van der Waals surface area contributed by atoms with Gasteiger partial charge in [0.05, 0.1) is 5.25 Å². The zero-order chi connectivity index (χ0) is 13.9. The van der Waals surface area contributed by atoms with Crippen molar-refractivity contribution < 1.29 is 8.42 Å². The number of nitrogens with zero attached hydrogens (tertiary/aromatic N) is 1. The van der Waals surface area contributed by atoms with Gasteiger partial charge in [0.15, 0.2) is 9.84 Å². The van der Waals surface area contributed by atoms with E-state index < -0.39 is 9.84 Å². The van der Waals surface area contributed by atoms with Gasteiger partial charge in [0.25, 0.3) is 0 Å². The summed E-state index contributed by atoms with van der Waals surface area (Å²) in [6.45, 7) is 4.80. The first-order chi connectivity index (χ1) is 9.02. The number of likely N-dealkylation sites (tertiary alicyclic amines) is 1. The van der Waals surface area contributed by atoms with E-state index in [1.54, 1.807) is 0 Å².